The van der Waals surface area contributed by atoms with E-state index in [-0.39, 0.29) is 23.8 Å². The summed E-state index contributed by atoms with van der Waals surface area (Å²) in [7, 11) is 0. The number of ether oxygens (including phenoxy) is 1. The first-order valence-electron chi connectivity index (χ1n) is 8.06. The van der Waals surface area contributed by atoms with Crippen LogP contribution in [-0.2, 0) is 6.61 Å². The van der Waals surface area contributed by atoms with Crippen LogP contribution in [0, 0.1) is 15.9 Å². The molecule has 0 N–H and O–H groups in total. The van der Waals surface area contributed by atoms with Crippen LogP contribution in [0.4, 0.5) is 10.1 Å². The molecular weight excluding hydrogens is 433 g/mol. The van der Waals surface area contributed by atoms with E-state index in [4.69, 9.17) is 9.15 Å². The van der Waals surface area contributed by atoms with Gasteiger partial charge < -0.3 is 9.15 Å². The highest BCUT2D eigenvalue weighted by Gasteiger charge is 2.16. The largest absolute Gasteiger partial charge is 0.479 e. The maximum atomic E-state index is 13.3. The van der Waals surface area contributed by atoms with E-state index in [1.165, 1.54) is 12.2 Å². The van der Waals surface area contributed by atoms with Gasteiger partial charge in [-0.05, 0) is 54.6 Å². The molecule has 3 aromatic rings. The third kappa shape index (κ3) is 4.92. The molecule has 0 unspecified atom stereocenters. The van der Waals surface area contributed by atoms with E-state index in [0.29, 0.717) is 17.1 Å². The van der Waals surface area contributed by atoms with Crippen molar-refractivity contribution in [2.24, 2.45) is 0 Å². The zero-order valence-electron chi connectivity index (χ0n) is 14.3. The first kappa shape index (κ1) is 19.5. The van der Waals surface area contributed by atoms with Crippen LogP contribution in [0.2, 0.25) is 0 Å². The SMILES string of the molecule is O=C(/C=C/c1ccc(COc2cc(F)ccc2[N+](=O)[O-])o1)c1ccc(Br)cc1. The van der Waals surface area contributed by atoms with Crippen molar-refractivity contribution in [2.45, 2.75) is 6.61 Å². The summed E-state index contributed by atoms with van der Waals surface area (Å²) >= 11 is 3.31. The summed E-state index contributed by atoms with van der Waals surface area (Å²) in [6, 6.07) is 13.1. The number of carbonyl (C=O) groups is 1. The number of nitrogens with zero attached hydrogens (tertiary/aromatic N) is 1. The van der Waals surface area contributed by atoms with Crippen LogP contribution in [0.3, 0.4) is 0 Å². The molecule has 0 atom stereocenters. The number of nitro benzene ring substituents is 1. The van der Waals surface area contributed by atoms with Crippen LogP contribution in [0.15, 0.2) is 69.6 Å². The standard InChI is InChI=1S/C20H13BrFNO5/c21-14-3-1-13(2-4-14)19(24)10-8-16-6-7-17(28-16)12-27-20-11-15(22)5-9-18(20)23(25)26/h1-11H,12H2/b10-8+. The minimum Gasteiger partial charge on any atom is -0.479 e. The molecule has 28 heavy (non-hydrogen) atoms. The molecule has 142 valence electrons. The molecule has 0 aliphatic heterocycles. The molecule has 0 spiro atoms. The third-order valence-electron chi connectivity index (χ3n) is 3.70. The zero-order valence-corrected chi connectivity index (χ0v) is 15.9. The summed E-state index contributed by atoms with van der Waals surface area (Å²) in [6.07, 6.45) is 2.89. The summed E-state index contributed by atoms with van der Waals surface area (Å²) in [5.74, 6) is -0.233. The molecule has 1 heterocycles. The van der Waals surface area contributed by atoms with Gasteiger partial charge >= 0.3 is 5.69 Å². The van der Waals surface area contributed by atoms with Crippen molar-refractivity contribution in [1.29, 1.82) is 0 Å². The lowest BCUT2D eigenvalue weighted by molar-refractivity contribution is -0.386. The Balaban J connectivity index is 1.65. The normalized spacial score (nSPS) is 10.9. The van der Waals surface area contributed by atoms with Crippen molar-refractivity contribution >= 4 is 33.5 Å². The first-order valence-corrected chi connectivity index (χ1v) is 8.85. The maximum Gasteiger partial charge on any atom is 0.311 e. The topological polar surface area (TPSA) is 82.6 Å². The number of nitro groups is 1. The maximum absolute atomic E-state index is 13.3. The third-order valence-corrected chi connectivity index (χ3v) is 4.23. The van der Waals surface area contributed by atoms with Gasteiger partial charge in [-0.2, -0.15) is 0 Å². The van der Waals surface area contributed by atoms with Crippen molar-refractivity contribution < 1.29 is 23.3 Å². The minimum atomic E-state index is -0.654. The van der Waals surface area contributed by atoms with Gasteiger partial charge in [-0.25, -0.2) is 4.39 Å². The minimum absolute atomic E-state index is 0.126. The number of benzene rings is 2. The van der Waals surface area contributed by atoms with Crippen LogP contribution in [0.25, 0.3) is 6.08 Å². The smallest absolute Gasteiger partial charge is 0.311 e. The number of hydrogen-bond acceptors (Lipinski definition) is 5. The fraction of sp³-hybridized carbons (Fsp3) is 0.0500. The van der Waals surface area contributed by atoms with Crippen molar-refractivity contribution in [3.8, 4) is 5.75 Å². The Labute approximate surface area is 167 Å². The van der Waals surface area contributed by atoms with Gasteiger partial charge in [-0.3, -0.25) is 14.9 Å². The Kier molecular flexibility index (Phi) is 6.00. The Morgan fingerprint density at radius 1 is 1.18 bits per heavy atom. The molecule has 0 saturated carbocycles. The second-order valence-corrected chi connectivity index (χ2v) is 6.58. The van der Waals surface area contributed by atoms with Gasteiger partial charge in [0.2, 0.25) is 0 Å². The van der Waals surface area contributed by atoms with Crippen molar-refractivity contribution in [3.63, 3.8) is 0 Å². The molecule has 8 heteroatoms. The van der Waals surface area contributed by atoms with E-state index in [1.807, 2.05) is 0 Å². The van der Waals surface area contributed by atoms with Gasteiger partial charge in [-0.15, -0.1) is 0 Å². The second-order valence-electron chi connectivity index (χ2n) is 5.67. The molecule has 0 saturated heterocycles. The second kappa shape index (κ2) is 8.62. The van der Waals surface area contributed by atoms with E-state index in [2.05, 4.69) is 15.9 Å². The van der Waals surface area contributed by atoms with Crippen LogP contribution < -0.4 is 4.74 Å². The number of hydrogen-bond donors (Lipinski definition) is 0. The van der Waals surface area contributed by atoms with Crippen molar-refractivity contribution in [1.82, 2.24) is 0 Å². The highest BCUT2D eigenvalue weighted by Crippen LogP contribution is 2.28. The van der Waals surface area contributed by atoms with Gasteiger partial charge in [0.15, 0.2) is 11.5 Å². The zero-order chi connectivity index (χ0) is 20.1. The van der Waals surface area contributed by atoms with Gasteiger partial charge in [0, 0.05) is 22.2 Å². The number of furan rings is 1. The summed E-state index contributed by atoms with van der Waals surface area (Å²) in [4.78, 5) is 22.4. The Bertz CT molecular complexity index is 1040. The summed E-state index contributed by atoms with van der Waals surface area (Å²) < 4.78 is 25.0. The summed E-state index contributed by atoms with van der Waals surface area (Å²) in [6.45, 7) is -0.126. The Morgan fingerprint density at radius 2 is 1.93 bits per heavy atom. The lowest BCUT2D eigenvalue weighted by atomic mass is 10.1. The molecule has 0 bridgehead atoms. The molecule has 0 amide bonds. The number of rotatable bonds is 7. The van der Waals surface area contributed by atoms with Crippen LogP contribution >= 0.6 is 15.9 Å². The van der Waals surface area contributed by atoms with E-state index >= 15 is 0 Å². The molecular formula is C20H13BrFNO5. The van der Waals surface area contributed by atoms with E-state index in [1.54, 1.807) is 36.4 Å². The van der Waals surface area contributed by atoms with E-state index in [0.717, 1.165) is 22.7 Å². The molecule has 3 rings (SSSR count). The van der Waals surface area contributed by atoms with Crippen molar-refractivity contribution in [2.75, 3.05) is 0 Å². The van der Waals surface area contributed by atoms with Gasteiger partial charge in [0.25, 0.3) is 0 Å². The average molecular weight is 446 g/mol. The monoisotopic (exact) mass is 445 g/mol. The lowest BCUT2D eigenvalue weighted by Crippen LogP contribution is -1.99. The molecule has 1 aromatic heterocycles. The van der Waals surface area contributed by atoms with Gasteiger partial charge in [0.05, 0.1) is 4.92 Å². The number of allylic oxidation sites excluding steroid dienone is 1. The predicted octanol–water partition coefficient (Wildman–Crippen LogP) is 5.56. The summed E-state index contributed by atoms with van der Waals surface area (Å²) in [5.41, 5.74) is 0.196. The summed E-state index contributed by atoms with van der Waals surface area (Å²) in [5, 5.41) is 11.0. The number of carbonyl (C=O) groups excluding carboxylic acids is 1. The number of ketones is 1. The van der Waals surface area contributed by atoms with E-state index < -0.39 is 10.7 Å². The predicted molar refractivity (Wildman–Crippen MR) is 104 cm³/mol. The highest BCUT2D eigenvalue weighted by molar-refractivity contribution is 9.10. The molecule has 6 nitrogen and oxygen atoms in total. The van der Waals surface area contributed by atoms with Gasteiger partial charge in [-0.1, -0.05) is 15.9 Å². The quantitative estimate of drug-likeness (QED) is 0.205. The highest BCUT2D eigenvalue weighted by atomic mass is 79.9. The first-order chi connectivity index (χ1) is 13.4. The Morgan fingerprint density at radius 3 is 2.64 bits per heavy atom. The Hall–Kier alpha value is -3.26. The van der Waals surface area contributed by atoms with E-state index in [9.17, 15) is 19.3 Å². The fourth-order valence-corrected chi connectivity index (χ4v) is 2.60. The molecule has 2 aromatic carbocycles. The molecule has 0 aliphatic rings. The molecule has 0 radical (unpaired) electrons. The van der Waals surface area contributed by atoms with Crippen LogP contribution in [0.5, 0.6) is 5.75 Å². The van der Waals surface area contributed by atoms with Gasteiger partial charge in [0.1, 0.15) is 23.9 Å². The van der Waals surface area contributed by atoms with Crippen LogP contribution in [-0.4, -0.2) is 10.7 Å². The molecule has 0 fully saturated rings. The number of halogens is 2. The average Bonchev–Trinajstić information content (AvgIpc) is 3.12. The fourth-order valence-electron chi connectivity index (χ4n) is 2.33. The van der Waals surface area contributed by atoms with Crippen LogP contribution in [0.1, 0.15) is 21.9 Å². The molecule has 0 aliphatic carbocycles. The lowest BCUT2D eigenvalue weighted by Gasteiger charge is -2.05. The van der Waals surface area contributed by atoms with Crippen molar-refractivity contribution in [3.05, 3.63) is 98.2 Å².